The molecule has 0 atom stereocenters. The van der Waals surface area contributed by atoms with E-state index in [1.807, 2.05) is 0 Å². The van der Waals surface area contributed by atoms with Crippen LogP contribution in [0.25, 0.3) is 0 Å². The first-order valence-electron chi connectivity index (χ1n) is 7.83. The van der Waals surface area contributed by atoms with Crippen LogP contribution < -0.4 is 5.73 Å². The molecule has 2 N–H and O–H groups in total. The second-order valence-corrected chi connectivity index (χ2v) is 8.50. The summed E-state index contributed by atoms with van der Waals surface area (Å²) in [6.45, 7) is 4.84. The van der Waals surface area contributed by atoms with Gasteiger partial charge in [-0.2, -0.15) is 4.31 Å². The van der Waals surface area contributed by atoms with Crippen LogP contribution in [0.15, 0.2) is 0 Å². The van der Waals surface area contributed by atoms with Gasteiger partial charge in [-0.3, -0.25) is 0 Å². The van der Waals surface area contributed by atoms with Crippen LogP contribution in [0.3, 0.4) is 0 Å². The molecule has 0 bridgehead atoms. The molecule has 6 heteroatoms. The average Bonchev–Trinajstić information content (AvgIpc) is 2.46. The van der Waals surface area contributed by atoms with Crippen molar-refractivity contribution in [2.24, 2.45) is 11.1 Å². The summed E-state index contributed by atoms with van der Waals surface area (Å²) in [5, 5.41) is 0. The van der Waals surface area contributed by atoms with Crippen molar-refractivity contribution in [1.82, 2.24) is 9.21 Å². The van der Waals surface area contributed by atoms with Crippen molar-refractivity contribution < 1.29 is 8.42 Å². The van der Waals surface area contributed by atoms with Crippen molar-refractivity contribution in [2.45, 2.75) is 38.5 Å². The van der Waals surface area contributed by atoms with E-state index >= 15 is 0 Å². The highest BCUT2D eigenvalue weighted by molar-refractivity contribution is 7.88. The van der Waals surface area contributed by atoms with Gasteiger partial charge in [0.15, 0.2) is 0 Å². The second kappa shape index (κ2) is 6.73. The lowest BCUT2D eigenvalue weighted by molar-refractivity contribution is 0.126. The molecule has 0 aromatic heterocycles. The van der Waals surface area contributed by atoms with E-state index in [2.05, 4.69) is 4.90 Å². The van der Waals surface area contributed by atoms with Crippen molar-refractivity contribution in [3.8, 4) is 0 Å². The minimum atomic E-state index is -3.01. The fourth-order valence-corrected chi connectivity index (χ4v) is 4.36. The van der Waals surface area contributed by atoms with Gasteiger partial charge in [0, 0.05) is 26.2 Å². The minimum Gasteiger partial charge on any atom is -0.330 e. The summed E-state index contributed by atoms with van der Waals surface area (Å²) in [4.78, 5) is 2.40. The number of rotatable bonds is 5. The van der Waals surface area contributed by atoms with E-state index in [4.69, 9.17) is 5.73 Å². The summed E-state index contributed by atoms with van der Waals surface area (Å²) in [6.07, 6.45) is 9.00. The molecular formula is C14H29N3O2S. The van der Waals surface area contributed by atoms with Crippen LogP contribution in [0, 0.1) is 5.41 Å². The molecule has 1 saturated carbocycles. The van der Waals surface area contributed by atoms with Crippen molar-refractivity contribution in [2.75, 3.05) is 45.5 Å². The summed E-state index contributed by atoms with van der Waals surface area (Å²) >= 11 is 0. The topological polar surface area (TPSA) is 66.6 Å². The Balaban J connectivity index is 1.78. The lowest BCUT2D eigenvalue weighted by Gasteiger charge is -2.39. The Morgan fingerprint density at radius 1 is 1.05 bits per heavy atom. The van der Waals surface area contributed by atoms with Gasteiger partial charge in [0.1, 0.15) is 0 Å². The summed E-state index contributed by atoms with van der Waals surface area (Å²) < 4.78 is 24.6. The molecule has 2 rings (SSSR count). The molecule has 0 spiro atoms. The number of nitrogens with two attached hydrogens (primary N) is 1. The molecule has 1 aliphatic heterocycles. The molecule has 0 aromatic rings. The fourth-order valence-electron chi connectivity index (χ4n) is 3.54. The third-order valence-electron chi connectivity index (χ3n) is 5.11. The summed E-state index contributed by atoms with van der Waals surface area (Å²) in [7, 11) is -3.01. The van der Waals surface area contributed by atoms with E-state index in [9.17, 15) is 8.42 Å². The molecule has 1 saturated heterocycles. The van der Waals surface area contributed by atoms with E-state index in [-0.39, 0.29) is 0 Å². The van der Waals surface area contributed by atoms with Gasteiger partial charge in [-0.15, -0.1) is 0 Å². The highest BCUT2D eigenvalue weighted by Gasteiger charge is 2.31. The van der Waals surface area contributed by atoms with Gasteiger partial charge < -0.3 is 10.6 Å². The van der Waals surface area contributed by atoms with Crippen LogP contribution in [0.1, 0.15) is 38.5 Å². The maximum absolute atomic E-state index is 11.5. The highest BCUT2D eigenvalue weighted by atomic mass is 32.2. The van der Waals surface area contributed by atoms with E-state index < -0.39 is 10.0 Å². The largest absolute Gasteiger partial charge is 0.330 e. The van der Waals surface area contributed by atoms with Crippen LogP contribution in [0.4, 0.5) is 0 Å². The van der Waals surface area contributed by atoms with E-state index in [0.29, 0.717) is 18.5 Å². The van der Waals surface area contributed by atoms with E-state index in [0.717, 1.165) is 26.2 Å². The number of nitrogens with zero attached hydrogens (tertiary/aromatic N) is 2. The number of hydrogen-bond acceptors (Lipinski definition) is 4. The standard InChI is InChI=1S/C14H29N3O2S/c1-20(18,19)17-11-9-16(10-12-17)8-7-14(13-15)5-3-2-4-6-14/h2-13,15H2,1H3. The first kappa shape index (κ1) is 16.2. The van der Waals surface area contributed by atoms with Gasteiger partial charge >= 0.3 is 0 Å². The van der Waals surface area contributed by atoms with Crippen LogP contribution in [-0.4, -0.2) is 63.1 Å². The Morgan fingerprint density at radius 2 is 1.65 bits per heavy atom. The summed E-state index contributed by atoms with van der Waals surface area (Å²) in [5.41, 5.74) is 6.38. The van der Waals surface area contributed by atoms with Gasteiger partial charge in [-0.1, -0.05) is 19.3 Å². The number of piperazine rings is 1. The molecule has 0 amide bonds. The van der Waals surface area contributed by atoms with Crippen molar-refractivity contribution in [3.63, 3.8) is 0 Å². The molecule has 0 radical (unpaired) electrons. The molecule has 5 nitrogen and oxygen atoms in total. The second-order valence-electron chi connectivity index (χ2n) is 6.52. The highest BCUT2D eigenvalue weighted by Crippen LogP contribution is 2.38. The van der Waals surface area contributed by atoms with Crippen molar-refractivity contribution in [3.05, 3.63) is 0 Å². The Bertz CT molecular complexity index is 397. The molecule has 0 aromatic carbocycles. The third kappa shape index (κ3) is 4.16. The Labute approximate surface area is 123 Å². The molecule has 1 heterocycles. The smallest absolute Gasteiger partial charge is 0.211 e. The Morgan fingerprint density at radius 3 is 2.15 bits per heavy atom. The predicted octanol–water partition coefficient (Wildman–Crippen LogP) is 0.863. The quantitative estimate of drug-likeness (QED) is 0.818. The maximum atomic E-state index is 11.5. The normalized spacial score (nSPS) is 25.7. The van der Waals surface area contributed by atoms with E-state index in [1.165, 1.54) is 44.8 Å². The molecule has 1 aliphatic carbocycles. The lowest BCUT2D eigenvalue weighted by atomic mass is 9.72. The van der Waals surface area contributed by atoms with Crippen LogP contribution in [-0.2, 0) is 10.0 Å². The third-order valence-corrected chi connectivity index (χ3v) is 6.41. The molecule has 0 unspecified atom stereocenters. The zero-order valence-electron chi connectivity index (χ0n) is 12.7. The Kier molecular flexibility index (Phi) is 5.45. The van der Waals surface area contributed by atoms with E-state index in [1.54, 1.807) is 4.31 Å². The molecule has 2 aliphatic rings. The molecular weight excluding hydrogens is 274 g/mol. The van der Waals surface area contributed by atoms with Crippen LogP contribution >= 0.6 is 0 Å². The monoisotopic (exact) mass is 303 g/mol. The van der Waals surface area contributed by atoms with Crippen molar-refractivity contribution >= 4 is 10.0 Å². The number of hydrogen-bond donors (Lipinski definition) is 1. The predicted molar refractivity (Wildman–Crippen MR) is 82.0 cm³/mol. The first-order chi connectivity index (χ1) is 9.45. The SMILES string of the molecule is CS(=O)(=O)N1CCN(CCC2(CN)CCCCC2)CC1. The molecule has 118 valence electrons. The summed E-state index contributed by atoms with van der Waals surface area (Å²) in [5.74, 6) is 0. The van der Waals surface area contributed by atoms with Gasteiger partial charge in [-0.25, -0.2) is 8.42 Å². The number of sulfonamides is 1. The van der Waals surface area contributed by atoms with Gasteiger partial charge in [0.25, 0.3) is 0 Å². The van der Waals surface area contributed by atoms with Gasteiger partial charge in [0.2, 0.25) is 10.0 Å². The van der Waals surface area contributed by atoms with Gasteiger partial charge in [-0.05, 0) is 37.8 Å². The van der Waals surface area contributed by atoms with Crippen molar-refractivity contribution in [1.29, 1.82) is 0 Å². The molecule has 20 heavy (non-hydrogen) atoms. The lowest BCUT2D eigenvalue weighted by Crippen LogP contribution is -2.49. The maximum Gasteiger partial charge on any atom is 0.211 e. The first-order valence-corrected chi connectivity index (χ1v) is 9.68. The average molecular weight is 303 g/mol. The van der Waals surface area contributed by atoms with Gasteiger partial charge in [0.05, 0.1) is 6.26 Å². The van der Waals surface area contributed by atoms with Crippen LogP contribution in [0.5, 0.6) is 0 Å². The Hall–Kier alpha value is -0.170. The minimum absolute atomic E-state index is 0.353. The van der Waals surface area contributed by atoms with Crippen LogP contribution in [0.2, 0.25) is 0 Å². The zero-order valence-corrected chi connectivity index (χ0v) is 13.5. The zero-order chi connectivity index (χ0) is 14.6. The molecule has 2 fully saturated rings. The fraction of sp³-hybridized carbons (Fsp3) is 1.00. The summed E-state index contributed by atoms with van der Waals surface area (Å²) in [6, 6.07) is 0.